The first kappa shape index (κ1) is 12.0. The predicted octanol–water partition coefficient (Wildman–Crippen LogP) is 3.70. The van der Waals surface area contributed by atoms with Crippen LogP contribution in [0, 0.1) is 5.82 Å². The standard InChI is InChI=1S/C13H7BrFN3O/c14-11-10(12-16-6-1-7-17-12)18-13(19-11)8-2-4-9(15)5-3-8/h1-7H. The Hall–Kier alpha value is -2.08. The van der Waals surface area contributed by atoms with Crippen molar-refractivity contribution >= 4 is 15.9 Å². The summed E-state index contributed by atoms with van der Waals surface area (Å²) in [5.74, 6) is 0.543. The van der Waals surface area contributed by atoms with Crippen molar-refractivity contribution in [1.82, 2.24) is 15.0 Å². The summed E-state index contributed by atoms with van der Waals surface area (Å²) < 4.78 is 18.8. The zero-order chi connectivity index (χ0) is 13.2. The highest BCUT2D eigenvalue weighted by Gasteiger charge is 2.16. The number of benzene rings is 1. The third-order valence-electron chi connectivity index (χ3n) is 2.45. The van der Waals surface area contributed by atoms with E-state index >= 15 is 0 Å². The molecule has 19 heavy (non-hydrogen) atoms. The van der Waals surface area contributed by atoms with E-state index in [1.165, 1.54) is 12.1 Å². The highest BCUT2D eigenvalue weighted by Crippen LogP contribution is 2.30. The Kier molecular flexibility index (Phi) is 3.08. The van der Waals surface area contributed by atoms with E-state index in [1.807, 2.05) is 0 Å². The Morgan fingerprint density at radius 2 is 1.74 bits per heavy atom. The summed E-state index contributed by atoms with van der Waals surface area (Å²) in [6.45, 7) is 0. The molecule has 0 spiro atoms. The maximum atomic E-state index is 12.9. The second kappa shape index (κ2) is 4.89. The topological polar surface area (TPSA) is 51.8 Å². The maximum Gasteiger partial charge on any atom is 0.228 e. The molecule has 94 valence electrons. The molecule has 0 fully saturated rings. The lowest BCUT2D eigenvalue weighted by atomic mass is 10.2. The van der Waals surface area contributed by atoms with Crippen molar-refractivity contribution in [2.45, 2.75) is 0 Å². The molecule has 0 aliphatic carbocycles. The molecule has 0 unspecified atom stereocenters. The maximum absolute atomic E-state index is 12.9. The van der Waals surface area contributed by atoms with Crippen LogP contribution in [0.3, 0.4) is 0 Å². The number of nitrogens with zero attached hydrogens (tertiary/aromatic N) is 3. The quantitative estimate of drug-likeness (QED) is 0.722. The van der Waals surface area contributed by atoms with Gasteiger partial charge in [0.05, 0.1) is 0 Å². The van der Waals surface area contributed by atoms with Crippen LogP contribution in [0.15, 0.2) is 51.8 Å². The molecule has 1 aromatic carbocycles. The molecule has 0 saturated carbocycles. The average molecular weight is 320 g/mol. The van der Waals surface area contributed by atoms with Gasteiger partial charge in [0.1, 0.15) is 5.82 Å². The van der Waals surface area contributed by atoms with Gasteiger partial charge < -0.3 is 4.42 Å². The van der Waals surface area contributed by atoms with Crippen LogP contribution in [0.1, 0.15) is 0 Å². The molecule has 0 radical (unpaired) electrons. The molecule has 3 aromatic rings. The van der Waals surface area contributed by atoms with Crippen molar-refractivity contribution in [2.75, 3.05) is 0 Å². The second-order valence-corrected chi connectivity index (χ2v) is 4.44. The smallest absolute Gasteiger partial charge is 0.228 e. The van der Waals surface area contributed by atoms with Gasteiger partial charge in [-0.25, -0.2) is 19.3 Å². The summed E-state index contributed by atoms with van der Waals surface area (Å²) in [5.41, 5.74) is 1.20. The normalized spacial score (nSPS) is 10.6. The lowest BCUT2D eigenvalue weighted by Crippen LogP contribution is -1.87. The minimum atomic E-state index is -0.305. The molecule has 3 rings (SSSR count). The molecule has 0 atom stereocenters. The molecule has 2 aromatic heterocycles. The molecule has 2 heterocycles. The van der Waals surface area contributed by atoms with Gasteiger partial charge >= 0.3 is 0 Å². The lowest BCUT2D eigenvalue weighted by molar-refractivity contribution is 0.549. The summed E-state index contributed by atoms with van der Waals surface area (Å²) in [6.07, 6.45) is 3.25. The molecule has 0 saturated heterocycles. The first-order chi connectivity index (χ1) is 9.24. The Bertz CT molecular complexity index is 698. The number of hydrogen-bond donors (Lipinski definition) is 0. The summed E-state index contributed by atoms with van der Waals surface area (Å²) in [4.78, 5) is 12.5. The first-order valence-electron chi connectivity index (χ1n) is 5.44. The fraction of sp³-hybridized carbons (Fsp3) is 0. The van der Waals surface area contributed by atoms with E-state index in [9.17, 15) is 4.39 Å². The number of oxazole rings is 1. The van der Waals surface area contributed by atoms with Crippen molar-refractivity contribution < 1.29 is 8.81 Å². The SMILES string of the molecule is Fc1ccc(-c2nc(-c3ncccn3)c(Br)o2)cc1. The van der Waals surface area contributed by atoms with Gasteiger partial charge in [-0.15, -0.1) is 0 Å². The van der Waals surface area contributed by atoms with Crippen molar-refractivity contribution in [3.63, 3.8) is 0 Å². The molecule has 0 bridgehead atoms. The minimum absolute atomic E-state index is 0.305. The molecular weight excluding hydrogens is 313 g/mol. The number of halogens is 2. The summed E-state index contributed by atoms with van der Waals surface area (Å²) in [5, 5.41) is 0. The van der Waals surface area contributed by atoms with E-state index < -0.39 is 0 Å². The van der Waals surface area contributed by atoms with E-state index in [4.69, 9.17) is 4.42 Å². The zero-order valence-corrected chi connectivity index (χ0v) is 11.1. The van der Waals surface area contributed by atoms with Crippen LogP contribution in [0.2, 0.25) is 0 Å². The van der Waals surface area contributed by atoms with Gasteiger partial charge in [0.15, 0.2) is 11.5 Å². The summed E-state index contributed by atoms with van der Waals surface area (Å²) in [7, 11) is 0. The highest BCUT2D eigenvalue weighted by atomic mass is 79.9. The number of aromatic nitrogens is 3. The van der Waals surface area contributed by atoms with Crippen LogP contribution in [0.4, 0.5) is 4.39 Å². The van der Waals surface area contributed by atoms with Crippen molar-refractivity contribution in [3.8, 4) is 23.0 Å². The fourth-order valence-electron chi connectivity index (χ4n) is 1.58. The Labute approximate surface area is 116 Å². The molecule has 6 heteroatoms. The summed E-state index contributed by atoms with van der Waals surface area (Å²) >= 11 is 3.28. The van der Waals surface area contributed by atoms with Gasteiger partial charge in [0.2, 0.25) is 10.6 Å². The van der Waals surface area contributed by atoms with Gasteiger partial charge in [-0.2, -0.15) is 0 Å². The van der Waals surface area contributed by atoms with Gasteiger partial charge in [-0.1, -0.05) is 0 Å². The lowest BCUT2D eigenvalue weighted by Gasteiger charge is -1.94. The molecule has 0 aliphatic rings. The second-order valence-electron chi connectivity index (χ2n) is 3.72. The third-order valence-corrected chi connectivity index (χ3v) is 2.99. The monoisotopic (exact) mass is 319 g/mol. The van der Waals surface area contributed by atoms with E-state index in [0.29, 0.717) is 27.6 Å². The first-order valence-corrected chi connectivity index (χ1v) is 6.23. The van der Waals surface area contributed by atoms with Crippen LogP contribution < -0.4 is 0 Å². The Morgan fingerprint density at radius 3 is 2.42 bits per heavy atom. The molecule has 0 aliphatic heterocycles. The van der Waals surface area contributed by atoms with Gasteiger partial charge in [0, 0.05) is 18.0 Å². The zero-order valence-electron chi connectivity index (χ0n) is 9.55. The average Bonchev–Trinajstić information content (AvgIpc) is 2.83. The number of hydrogen-bond acceptors (Lipinski definition) is 4. The fourth-order valence-corrected chi connectivity index (χ4v) is 2.00. The van der Waals surface area contributed by atoms with Gasteiger partial charge in [-0.05, 0) is 46.3 Å². The number of rotatable bonds is 2. The van der Waals surface area contributed by atoms with Crippen molar-refractivity contribution in [1.29, 1.82) is 0 Å². The van der Waals surface area contributed by atoms with Gasteiger partial charge in [0.25, 0.3) is 0 Å². The third kappa shape index (κ3) is 2.39. The van der Waals surface area contributed by atoms with Crippen LogP contribution in [0.25, 0.3) is 23.0 Å². The molecule has 4 nitrogen and oxygen atoms in total. The van der Waals surface area contributed by atoms with E-state index in [-0.39, 0.29) is 5.82 Å². The van der Waals surface area contributed by atoms with Gasteiger partial charge in [-0.3, -0.25) is 0 Å². The van der Waals surface area contributed by atoms with E-state index in [0.717, 1.165) is 0 Å². The van der Waals surface area contributed by atoms with Crippen LogP contribution in [-0.4, -0.2) is 15.0 Å². The van der Waals surface area contributed by atoms with E-state index in [1.54, 1.807) is 30.6 Å². The van der Waals surface area contributed by atoms with E-state index in [2.05, 4.69) is 30.9 Å². The minimum Gasteiger partial charge on any atom is -0.429 e. The molecular formula is C13H7BrFN3O. The summed E-state index contributed by atoms with van der Waals surface area (Å²) in [6, 6.07) is 7.63. The highest BCUT2D eigenvalue weighted by molar-refractivity contribution is 9.10. The predicted molar refractivity (Wildman–Crippen MR) is 70.6 cm³/mol. The largest absolute Gasteiger partial charge is 0.429 e. The van der Waals surface area contributed by atoms with Crippen LogP contribution >= 0.6 is 15.9 Å². The Morgan fingerprint density at radius 1 is 1.05 bits per heavy atom. The van der Waals surface area contributed by atoms with Crippen molar-refractivity contribution in [3.05, 3.63) is 53.2 Å². The van der Waals surface area contributed by atoms with Crippen LogP contribution in [-0.2, 0) is 0 Å². The van der Waals surface area contributed by atoms with Crippen molar-refractivity contribution in [2.24, 2.45) is 0 Å². The van der Waals surface area contributed by atoms with Crippen LogP contribution in [0.5, 0.6) is 0 Å². The Balaban J connectivity index is 2.04. The molecule has 0 amide bonds. The molecule has 0 N–H and O–H groups in total.